The van der Waals surface area contributed by atoms with Crippen molar-refractivity contribution in [1.82, 2.24) is 0 Å². The number of para-hydroxylation sites is 1. The van der Waals surface area contributed by atoms with Gasteiger partial charge < -0.3 is 15.2 Å². The lowest BCUT2D eigenvalue weighted by Gasteiger charge is -2.12. The molecule has 0 saturated heterocycles. The Hall–Kier alpha value is -2.40. The van der Waals surface area contributed by atoms with E-state index in [1.54, 1.807) is 24.3 Å². The molecule has 0 heterocycles. The van der Waals surface area contributed by atoms with Gasteiger partial charge in [0.25, 0.3) is 5.91 Å². The van der Waals surface area contributed by atoms with Gasteiger partial charge in [0.05, 0.1) is 13.7 Å². The maximum absolute atomic E-state index is 13.8. The highest BCUT2D eigenvalue weighted by Crippen LogP contribution is 2.23. The molecule has 2 aromatic rings. The average Bonchev–Trinajstić information content (AvgIpc) is 2.47. The monoisotopic (exact) mass is 275 g/mol. The van der Waals surface area contributed by atoms with Gasteiger partial charge in [-0.2, -0.15) is 0 Å². The summed E-state index contributed by atoms with van der Waals surface area (Å²) in [7, 11) is 1.37. The number of hydrogen-bond donors (Lipinski definition) is 2. The van der Waals surface area contributed by atoms with Crippen molar-refractivity contribution in [2.24, 2.45) is 0 Å². The summed E-state index contributed by atoms with van der Waals surface area (Å²) in [6, 6.07) is 10.9. The molecule has 0 aliphatic rings. The van der Waals surface area contributed by atoms with Crippen LogP contribution in [0.1, 0.15) is 15.9 Å². The van der Waals surface area contributed by atoms with Crippen molar-refractivity contribution in [3.8, 4) is 5.75 Å². The van der Waals surface area contributed by atoms with E-state index < -0.39 is 11.7 Å². The molecule has 0 fully saturated rings. The van der Waals surface area contributed by atoms with E-state index in [9.17, 15) is 14.3 Å². The normalized spacial score (nSPS) is 10.2. The molecule has 104 valence electrons. The van der Waals surface area contributed by atoms with Crippen molar-refractivity contribution in [3.63, 3.8) is 0 Å². The Morgan fingerprint density at radius 2 is 2.00 bits per heavy atom. The van der Waals surface area contributed by atoms with Crippen molar-refractivity contribution in [2.45, 2.75) is 6.61 Å². The van der Waals surface area contributed by atoms with Crippen LogP contribution in [-0.2, 0) is 6.61 Å². The number of benzene rings is 2. The van der Waals surface area contributed by atoms with E-state index in [1.807, 2.05) is 0 Å². The zero-order valence-electron chi connectivity index (χ0n) is 10.9. The first-order valence-electron chi connectivity index (χ1n) is 6.00. The Balaban J connectivity index is 2.33. The Morgan fingerprint density at radius 1 is 1.25 bits per heavy atom. The molecule has 2 rings (SSSR count). The molecular formula is C15H14FNO3. The molecule has 5 heteroatoms. The molecule has 0 radical (unpaired) electrons. The molecule has 0 bridgehead atoms. The van der Waals surface area contributed by atoms with Gasteiger partial charge in [-0.3, -0.25) is 4.79 Å². The second kappa shape index (κ2) is 6.16. The zero-order valence-corrected chi connectivity index (χ0v) is 10.9. The van der Waals surface area contributed by atoms with Crippen LogP contribution < -0.4 is 10.1 Å². The van der Waals surface area contributed by atoms with E-state index in [2.05, 4.69) is 5.32 Å². The van der Waals surface area contributed by atoms with Crippen LogP contribution in [0.15, 0.2) is 42.5 Å². The molecule has 2 aromatic carbocycles. The second-order valence-electron chi connectivity index (χ2n) is 4.09. The minimum atomic E-state index is -0.664. The Kier molecular flexibility index (Phi) is 4.32. The number of carbonyl (C=O) groups excluding carboxylic acids is 1. The first kappa shape index (κ1) is 14.0. The van der Waals surface area contributed by atoms with E-state index in [0.717, 1.165) is 0 Å². The molecule has 0 atom stereocenters. The van der Waals surface area contributed by atoms with Gasteiger partial charge in [-0.05, 0) is 18.2 Å². The number of ether oxygens (including phenoxy) is 1. The average molecular weight is 275 g/mol. The van der Waals surface area contributed by atoms with E-state index in [1.165, 1.54) is 25.3 Å². The number of rotatable bonds is 4. The summed E-state index contributed by atoms with van der Waals surface area (Å²) in [5, 5.41) is 11.8. The fourth-order valence-electron chi connectivity index (χ4n) is 1.86. The first-order chi connectivity index (χ1) is 9.67. The Morgan fingerprint density at radius 3 is 2.70 bits per heavy atom. The topological polar surface area (TPSA) is 58.6 Å². The van der Waals surface area contributed by atoms with Crippen LogP contribution in [0.25, 0.3) is 0 Å². The van der Waals surface area contributed by atoms with Crippen LogP contribution in [0.3, 0.4) is 0 Å². The number of carbonyl (C=O) groups is 1. The van der Waals surface area contributed by atoms with Gasteiger partial charge in [0.15, 0.2) is 0 Å². The van der Waals surface area contributed by atoms with Gasteiger partial charge in [-0.1, -0.05) is 24.3 Å². The molecule has 0 aliphatic carbocycles. The molecule has 1 amide bonds. The van der Waals surface area contributed by atoms with Gasteiger partial charge in [0.2, 0.25) is 0 Å². The summed E-state index contributed by atoms with van der Waals surface area (Å²) < 4.78 is 18.8. The number of aliphatic hydroxyl groups is 1. The lowest BCUT2D eigenvalue weighted by Crippen LogP contribution is -2.16. The molecule has 0 spiro atoms. The van der Waals surface area contributed by atoms with Gasteiger partial charge in [-0.15, -0.1) is 0 Å². The number of aliphatic hydroxyl groups excluding tert-OH is 1. The predicted octanol–water partition coefficient (Wildman–Crippen LogP) is 2.58. The highest BCUT2D eigenvalue weighted by atomic mass is 19.1. The van der Waals surface area contributed by atoms with E-state index >= 15 is 0 Å². The third kappa shape index (κ3) is 2.78. The largest absolute Gasteiger partial charge is 0.496 e. The lowest BCUT2D eigenvalue weighted by atomic mass is 10.1. The predicted molar refractivity (Wildman–Crippen MR) is 73.3 cm³/mol. The molecule has 4 nitrogen and oxygen atoms in total. The van der Waals surface area contributed by atoms with E-state index in [4.69, 9.17) is 4.74 Å². The maximum atomic E-state index is 13.8. The number of hydrogen-bond acceptors (Lipinski definition) is 3. The summed E-state index contributed by atoms with van der Waals surface area (Å²) in [6.07, 6.45) is 0. The third-order valence-electron chi connectivity index (χ3n) is 2.86. The second-order valence-corrected chi connectivity index (χ2v) is 4.09. The number of anilines is 1. The third-order valence-corrected chi connectivity index (χ3v) is 2.86. The van der Waals surface area contributed by atoms with Gasteiger partial charge in [-0.25, -0.2) is 4.39 Å². The number of nitrogens with one attached hydrogen (secondary N) is 1. The quantitative estimate of drug-likeness (QED) is 0.901. The lowest BCUT2D eigenvalue weighted by molar-refractivity contribution is 0.102. The minimum Gasteiger partial charge on any atom is -0.496 e. The Bertz CT molecular complexity index is 628. The van der Waals surface area contributed by atoms with Crippen molar-refractivity contribution in [1.29, 1.82) is 0 Å². The van der Waals surface area contributed by atoms with Crippen molar-refractivity contribution >= 4 is 11.6 Å². The molecule has 0 saturated carbocycles. The number of halogens is 1. The highest BCUT2D eigenvalue weighted by molar-refractivity contribution is 6.06. The first-order valence-corrected chi connectivity index (χ1v) is 6.00. The molecule has 0 unspecified atom stereocenters. The fraction of sp³-hybridized carbons (Fsp3) is 0.133. The maximum Gasteiger partial charge on any atom is 0.262 e. The van der Waals surface area contributed by atoms with Crippen LogP contribution in [-0.4, -0.2) is 18.1 Å². The van der Waals surface area contributed by atoms with E-state index in [0.29, 0.717) is 11.3 Å². The summed E-state index contributed by atoms with van der Waals surface area (Å²) in [5.41, 5.74) is 0.823. The van der Waals surface area contributed by atoms with Crippen molar-refractivity contribution in [3.05, 3.63) is 59.4 Å². The minimum absolute atomic E-state index is 0.156. The van der Waals surface area contributed by atoms with Gasteiger partial charge in [0, 0.05) is 11.3 Å². The smallest absolute Gasteiger partial charge is 0.262 e. The molecule has 0 aliphatic heterocycles. The van der Waals surface area contributed by atoms with Crippen LogP contribution in [0.4, 0.5) is 10.1 Å². The molecule has 20 heavy (non-hydrogen) atoms. The van der Waals surface area contributed by atoms with Crippen molar-refractivity contribution < 1.29 is 19.0 Å². The van der Waals surface area contributed by atoms with Crippen LogP contribution in [0.5, 0.6) is 5.75 Å². The van der Waals surface area contributed by atoms with Crippen LogP contribution in [0.2, 0.25) is 0 Å². The number of methoxy groups -OCH3 is 1. The summed E-state index contributed by atoms with van der Waals surface area (Å²) >= 11 is 0. The molecular weight excluding hydrogens is 261 g/mol. The highest BCUT2D eigenvalue weighted by Gasteiger charge is 2.18. The summed E-state index contributed by atoms with van der Waals surface area (Å²) in [4.78, 5) is 12.2. The standard InChI is InChI=1S/C15H14FNO3/c1-20-13-8-4-6-11(16)14(13)15(19)17-12-7-3-2-5-10(12)9-18/h2-8,18H,9H2,1H3,(H,17,19). The van der Waals surface area contributed by atoms with E-state index in [-0.39, 0.29) is 17.9 Å². The zero-order chi connectivity index (χ0) is 14.5. The fourth-order valence-corrected chi connectivity index (χ4v) is 1.86. The SMILES string of the molecule is COc1cccc(F)c1C(=O)Nc1ccccc1CO. The van der Waals surface area contributed by atoms with Crippen molar-refractivity contribution in [2.75, 3.05) is 12.4 Å². The van der Waals surface area contributed by atoms with Crippen LogP contribution >= 0.6 is 0 Å². The molecule has 0 aromatic heterocycles. The summed E-state index contributed by atoms with van der Waals surface area (Å²) in [5.74, 6) is -1.13. The van der Waals surface area contributed by atoms with Gasteiger partial charge >= 0.3 is 0 Å². The molecule has 2 N–H and O–H groups in total. The number of amides is 1. The Labute approximate surface area is 115 Å². The summed E-state index contributed by atoms with van der Waals surface area (Å²) in [6.45, 7) is -0.217. The van der Waals surface area contributed by atoms with Gasteiger partial charge in [0.1, 0.15) is 17.1 Å². The van der Waals surface area contributed by atoms with Crippen LogP contribution in [0, 0.1) is 5.82 Å².